The van der Waals surface area contributed by atoms with Gasteiger partial charge < -0.3 is 5.73 Å². The number of nitrogens with two attached hydrogens (primary N) is 1. The highest BCUT2D eigenvalue weighted by Crippen LogP contribution is 2.43. The fraction of sp³-hybridized carbons (Fsp3) is 1.00. The van der Waals surface area contributed by atoms with Gasteiger partial charge in [0.05, 0.1) is 0 Å². The first-order valence-electron chi connectivity index (χ1n) is 5.71. The molecule has 1 atom stereocenters. The van der Waals surface area contributed by atoms with E-state index in [0.29, 0.717) is 5.92 Å². The van der Waals surface area contributed by atoms with E-state index in [9.17, 15) is 4.39 Å². The third-order valence-corrected chi connectivity index (χ3v) is 3.27. The van der Waals surface area contributed by atoms with Crippen molar-refractivity contribution in [3.63, 3.8) is 0 Å². The first kappa shape index (κ1) is 12.0. The van der Waals surface area contributed by atoms with E-state index < -0.39 is 5.67 Å². The van der Waals surface area contributed by atoms with Gasteiger partial charge in [-0.05, 0) is 51.4 Å². The van der Waals surface area contributed by atoms with Crippen molar-refractivity contribution in [1.82, 2.24) is 0 Å². The summed E-state index contributed by atoms with van der Waals surface area (Å²) in [7, 11) is 0. The lowest BCUT2D eigenvalue weighted by molar-refractivity contribution is 0.0926. The van der Waals surface area contributed by atoms with Crippen molar-refractivity contribution in [1.29, 1.82) is 0 Å². The standard InChI is InChI=1S/C12H24FN/c1-9(2)7-10(11(3,4)13)8-12(14)5-6-12/h9-10H,5-8,14H2,1-4H3. The fourth-order valence-electron chi connectivity index (χ4n) is 2.03. The minimum atomic E-state index is -1.08. The van der Waals surface area contributed by atoms with Crippen LogP contribution in [0.15, 0.2) is 0 Å². The molecule has 0 radical (unpaired) electrons. The van der Waals surface area contributed by atoms with Gasteiger partial charge in [0.15, 0.2) is 0 Å². The average Bonchev–Trinajstić information content (AvgIpc) is 2.63. The molecule has 2 N–H and O–H groups in total. The van der Waals surface area contributed by atoms with Crippen LogP contribution < -0.4 is 5.73 Å². The van der Waals surface area contributed by atoms with E-state index in [1.807, 2.05) is 0 Å². The molecule has 84 valence electrons. The number of rotatable bonds is 5. The predicted molar refractivity (Wildman–Crippen MR) is 58.9 cm³/mol. The molecule has 1 unspecified atom stereocenters. The highest BCUT2D eigenvalue weighted by molar-refractivity contribution is 5.01. The van der Waals surface area contributed by atoms with Gasteiger partial charge in [0.1, 0.15) is 5.67 Å². The van der Waals surface area contributed by atoms with Gasteiger partial charge in [0.25, 0.3) is 0 Å². The molecular weight excluding hydrogens is 177 g/mol. The summed E-state index contributed by atoms with van der Waals surface area (Å²) < 4.78 is 13.9. The number of halogens is 1. The molecule has 0 heterocycles. The second kappa shape index (κ2) is 3.80. The maximum absolute atomic E-state index is 13.9. The molecular formula is C12H24FN. The van der Waals surface area contributed by atoms with Crippen molar-refractivity contribution in [3.8, 4) is 0 Å². The van der Waals surface area contributed by atoms with Crippen LogP contribution in [0.4, 0.5) is 4.39 Å². The zero-order chi connectivity index (χ0) is 11.0. The molecule has 0 bridgehead atoms. The second-order valence-electron chi connectivity index (χ2n) is 5.96. The second-order valence-corrected chi connectivity index (χ2v) is 5.96. The zero-order valence-corrected chi connectivity index (χ0v) is 9.94. The summed E-state index contributed by atoms with van der Waals surface area (Å²) in [4.78, 5) is 0. The molecule has 1 fully saturated rings. The molecule has 1 nitrogen and oxygen atoms in total. The van der Waals surface area contributed by atoms with Gasteiger partial charge in [0.2, 0.25) is 0 Å². The van der Waals surface area contributed by atoms with Crippen LogP contribution in [0, 0.1) is 11.8 Å². The molecule has 0 amide bonds. The van der Waals surface area contributed by atoms with Crippen LogP contribution in [0.3, 0.4) is 0 Å². The zero-order valence-electron chi connectivity index (χ0n) is 9.94. The number of alkyl halides is 1. The van der Waals surface area contributed by atoms with Crippen molar-refractivity contribution in [2.45, 2.75) is 64.6 Å². The lowest BCUT2D eigenvalue weighted by atomic mass is 9.80. The number of hydrogen-bond acceptors (Lipinski definition) is 1. The van der Waals surface area contributed by atoms with Gasteiger partial charge in [-0.1, -0.05) is 13.8 Å². The van der Waals surface area contributed by atoms with Crippen LogP contribution >= 0.6 is 0 Å². The largest absolute Gasteiger partial charge is 0.325 e. The van der Waals surface area contributed by atoms with Crippen LogP contribution in [0.25, 0.3) is 0 Å². The molecule has 0 aliphatic heterocycles. The Morgan fingerprint density at radius 3 is 2.14 bits per heavy atom. The Morgan fingerprint density at radius 1 is 1.36 bits per heavy atom. The summed E-state index contributed by atoms with van der Waals surface area (Å²) in [6, 6.07) is 0. The van der Waals surface area contributed by atoms with Crippen LogP contribution in [0.2, 0.25) is 0 Å². The normalized spacial score (nSPS) is 22.5. The topological polar surface area (TPSA) is 26.0 Å². The molecule has 14 heavy (non-hydrogen) atoms. The Morgan fingerprint density at radius 2 is 1.86 bits per heavy atom. The minimum absolute atomic E-state index is 0.0249. The first-order valence-corrected chi connectivity index (χ1v) is 5.71. The highest BCUT2D eigenvalue weighted by atomic mass is 19.1. The molecule has 0 aromatic carbocycles. The maximum atomic E-state index is 13.9. The van der Waals surface area contributed by atoms with Gasteiger partial charge in [-0.25, -0.2) is 4.39 Å². The molecule has 0 saturated heterocycles. The molecule has 0 aromatic rings. The third-order valence-electron chi connectivity index (χ3n) is 3.27. The lowest BCUT2D eigenvalue weighted by Gasteiger charge is -2.30. The van der Waals surface area contributed by atoms with Gasteiger partial charge >= 0.3 is 0 Å². The summed E-state index contributed by atoms with van der Waals surface area (Å²) in [5, 5.41) is 0. The lowest BCUT2D eigenvalue weighted by Crippen LogP contribution is -2.35. The van der Waals surface area contributed by atoms with E-state index in [-0.39, 0.29) is 11.5 Å². The van der Waals surface area contributed by atoms with Crippen LogP contribution in [-0.2, 0) is 0 Å². The van der Waals surface area contributed by atoms with E-state index in [1.165, 1.54) is 0 Å². The summed E-state index contributed by atoms with van der Waals surface area (Å²) in [5.74, 6) is 0.673. The molecule has 1 rings (SSSR count). The van der Waals surface area contributed by atoms with E-state index >= 15 is 0 Å². The van der Waals surface area contributed by atoms with Crippen molar-refractivity contribution in [3.05, 3.63) is 0 Å². The molecule has 1 aliphatic rings. The van der Waals surface area contributed by atoms with Gasteiger partial charge in [-0.3, -0.25) is 0 Å². The Kier molecular flexibility index (Phi) is 3.25. The maximum Gasteiger partial charge on any atom is 0.108 e. The number of hydrogen-bond donors (Lipinski definition) is 1. The average molecular weight is 201 g/mol. The Bertz CT molecular complexity index is 189. The third kappa shape index (κ3) is 3.56. The van der Waals surface area contributed by atoms with Gasteiger partial charge in [-0.15, -0.1) is 0 Å². The van der Waals surface area contributed by atoms with Crippen LogP contribution in [-0.4, -0.2) is 11.2 Å². The van der Waals surface area contributed by atoms with Crippen LogP contribution in [0.5, 0.6) is 0 Å². The monoisotopic (exact) mass is 201 g/mol. The Labute approximate surface area is 87.3 Å². The highest BCUT2D eigenvalue weighted by Gasteiger charge is 2.43. The van der Waals surface area contributed by atoms with E-state index in [0.717, 1.165) is 25.7 Å². The summed E-state index contributed by atoms with van der Waals surface area (Å²) in [5.41, 5.74) is 4.94. The van der Waals surface area contributed by atoms with Gasteiger partial charge in [-0.2, -0.15) is 0 Å². The first-order chi connectivity index (χ1) is 6.23. The van der Waals surface area contributed by atoms with Gasteiger partial charge in [0, 0.05) is 5.54 Å². The minimum Gasteiger partial charge on any atom is -0.325 e. The van der Waals surface area contributed by atoms with Crippen molar-refractivity contribution >= 4 is 0 Å². The molecule has 1 aliphatic carbocycles. The quantitative estimate of drug-likeness (QED) is 0.726. The molecule has 1 saturated carbocycles. The van der Waals surface area contributed by atoms with E-state index in [1.54, 1.807) is 13.8 Å². The smallest absolute Gasteiger partial charge is 0.108 e. The molecule has 2 heteroatoms. The van der Waals surface area contributed by atoms with Crippen molar-refractivity contribution in [2.24, 2.45) is 17.6 Å². The Balaban J connectivity index is 2.53. The van der Waals surface area contributed by atoms with E-state index in [2.05, 4.69) is 13.8 Å². The van der Waals surface area contributed by atoms with Crippen LogP contribution in [0.1, 0.15) is 53.4 Å². The Hall–Kier alpha value is -0.110. The fourth-order valence-corrected chi connectivity index (χ4v) is 2.03. The summed E-state index contributed by atoms with van der Waals surface area (Å²) in [6.45, 7) is 7.67. The molecule has 0 spiro atoms. The molecule has 0 aromatic heterocycles. The summed E-state index contributed by atoms with van der Waals surface area (Å²) in [6.07, 6.45) is 3.96. The SMILES string of the molecule is CC(C)CC(CC1(N)CC1)C(C)(C)F. The summed E-state index contributed by atoms with van der Waals surface area (Å²) >= 11 is 0. The van der Waals surface area contributed by atoms with Crippen molar-refractivity contribution < 1.29 is 4.39 Å². The predicted octanol–water partition coefficient (Wildman–Crippen LogP) is 3.28. The van der Waals surface area contributed by atoms with E-state index in [4.69, 9.17) is 5.73 Å². The van der Waals surface area contributed by atoms with Crippen molar-refractivity contribution in [2.75, 3.05) is 0 Å².